The normalized spacial score (nSPS) is 10.7. The van der Waals surface area contributed by atoms with Gasteiger partial charge in [-0.15, -0.1) is 11.3 Å². The number of thiazole rings is 1. The van der Waals surface area contributed by atoms with E-state index in [0.717, 1.165) is 34.2 Å². The molecule has 0 spiro atoms. The molecule has 0 unspecified atom stereocenters. The lowest BCUT2D eigenvalue weighted by Crippen LogP contribution is -2.04. The van der Waals surface area contributed by atoms with Gasteiger partial charge in [0.05, 0.1) is 12.3 Å². The molecule has 1 aromatic heterocycles. The number of ether oxygens (including phenoxy) is 2. The summed E-state index contributed by atoms with van der Waals surface area (Å²) < 4.78 is 11.5. The highest BCUT2D eigenvalue weighted by Gasteiger charge is 2.08. The van der Waals surface area contributed by atoms with Crippen LogP contribution in [0.5, 0.6) is 11.5 Å². The van der Waals surface area contributed by atoms with Crippen LogP contribution in [0, 0.1) is 13.8 Å². The van der Waals surface area contributed by atoms with Crippen molar-refractivity contribution in [2.45, 2.75) is 40.3 Å². The third-order valence-electron chi connectivity index (χ3n) is 3.16. The molecule has 4 nitrogen and oxygen atoms in total. The average Bonchev–Trinajstić information content (AvgIpc) is 2.81. The van der Waals surface area contributed by atoms with E-state index in [2.05, 4.69) is 18.8 Å². The molecule has 0 atom stereocenters. The molecule has 0 saturated carbocycles. The zero-order chi connectivity index (χ0) is 15.2. The molecule has 1 aromatic carbocycles. The van der Waals surface area contributed by atoms with E-state index in [1.54, 1.807) is 11.3 Å². The molecule has 2 N–H and O–H groups in total. The molecule has 21 heavy (non-hydrogen) atoms. The number of hydrogen-bond acceptors (Lipinski definition) is 5. The molecule has 0 aliphatic rings. The Morgan fingerprint density at radius 2 is 2.05 bits per heavy atom. The monoisotopic (exact) mass is 306 g/mol. The Hall–Kier alpha value is -1.59. The first-order valence-corrected chi connectivity index (χ1v) is 7.97. The fraction of sp³-hybridized carbons (Fsp3) is 0.438. The van der Waals surface area contributed by atoms with Crippen LogP contribution in [0.1, 0.15) is 34.5 Å². The van der Waals surface area contributed by atoms with Crippen molar-refractivity contribution in [3.63, 3.8) is 0 Å². The van der Waals surface area contributed by atoms with Crippen molar-refractivity contribution in [2.24, 2.45) is 5.73 Å². The van der Waals surface area contributed by atoms with Crippen molar-refractivity contribution in [1.29, 1.82) is 0 Å². The molecule has 0 aliphatic carbocycles. The van der Waals surface area contributed by atoms with Gasteiger partial charge in [-0.1, -0.05) is 13.0 Å². The van der Waals surface area contributed by atoms with Crippen molar-refractivity contribution < 1.29 is 9.47 Å². The highest BCUT2D eigenvalue weighted by Crippen LogP contribution is 2.26. The molecule has 2 aromatic rings. The molecular formula is C16H22N2O2S. The molecular weight excluding hydrogens is 284 g/mol. The third kappa shape index (κ3) is 4.19. The van der Waals surface area contributed by atoms with Crippen molar-refractivity contribution in [3.05, 3.63) is 39.3 Å². The van der Waals surface area contributed by atoms with Gasteiger partial charge in [0.2, 0.25) is 0 Å². The van der Waals surface area contributed by atoms with E-state index in [4.69, 9.17) is 15.2 Å². The number of hydrogen-bond donors (Lipinski definition) is 1. The lowest BCUT2D eigenvalue weighted by atomic mass is 10.2. The number of benzene rings is 1. The number of aryl methyl sites for hydroxylation is 2. The molecule has 0 fully saturated rings. The number of nitrogens with zero attached hydrogens (tertiary/aromatic N) is 1. The largest absolute Gasteiger partial charge is 0.493 e. The van der Waals surface area contributed by atoms with Gasteiger partial charge >= 0.3 is 0 Å². The second kappa shape index (κ2) is 7.43. The van der Waals surface area contributed by atoms with Crippen LogP contribution in [0.3, 0.4) is 0 Å². The van der Waals surface area contributed by atoms with Crippen molar-refractivity contribution in [2.75, 3.05) is 6.61 Å². The van der Waals surface area contributed by atoms with E-state index >= 15 is 0 Å². The Bertz CT molecular complexity index is 576. The smallest absolute Gasteiger partial charge is 0.140 e. The third-order valence-corrected chi connectivity index (χ3v) is 4.20. The summed E-state index contributed by atoms with van der Waals surface area (Å²) in [6, 6.07) is 5.80. The van der Waals surface area contributed by atoms with E-state index in [1.807, 2.05) is 25.1 Å². The first-order valence-electron chi connectivity index (χ1n) is 7.15. The van der Waals surface area contributed by atoms with E-state index in [-0.39, 0.29) is 0 Å². The first-order chi connectivity index (χ1) is 10.1. The van der Waals surface area contributed by atoms with Crippen LogP contribution in [0.2, 0.25) is 0 Å². The van der Waals surface area contributed by atoms with Crippen LogP contribution in [-0.2, 0) is 13.2 Å². The lowest BCUT2D eigenvalue weighted by molar-refractivity contribution is 0.292. The van der Waals surface area contributed by atoms with Gasteiger partial charge in [-0.2, -0.15) is 0 Å². The van der Waals surface area contributed by atoms with Gasteiger partial charge in [-0.3, -0.25) is 0 Å². The Morgan fingerprint density at radius 1 is 1.24 bits per heavy atom. The summed E-state index contributed by atoms with van der Waals surface area (Å²) in [4.78, 5) is 5.71. The zero-order valence-electron chi connectivity index (χ0n) is 12.8. The summed E-state index contributed by atoms with van der Waals surface area (Å²) in [5.41, 5.74) is 7.81. The van der Waals surface area contributed by atoms with Crippen molar-refractivity contribution in [1.82, 2.24) is 4.98 Å². The quantitative estimate of drug-likeness (QED) is 0.849. The Morgan fingerprint density at radius 3 is 2.67 bits per heavy atom. The second-order valence-corrected chi connectivity index (χ2v) is 6.15. The standard InChI is InChI=1S/C16H22N2O2S/c1-4-7-19-14-6-5-13(9-17)15(8-14)20-10-16-18-11(2)12(3)21-16/h5-6,8H,4,7,9-10,17H2,1-3H3. The molecule has 5 heteroatoms. The molecule has 0 aliphatic heterocycles. The van der Waals surface area contributed by atoms with Gasteiger partial charge in [-0.25, -0.2) is 4.98 Å². The minimum absolute atomic E-state index is 0.444. The Kier molecular flexibility index (Phi) is 5.59. The molecule has 0 saturated heterocycles. The minimum Gasteiger partial charge on any atom is -0.493 e. The predicted molar refractivity (Wildman–Crippen MR) is 86.0 cm³/mol. The van der Waals surface area contributed by atoms with E-state index in [1.165, 1.54) is 4.88 Å². The summed E-state index contributed by atoms with van der Waals surface area (Å²) >= 11 is 1.67. The predicted octanol–water partition coefficient (Wildman–Crippen LogP) is 3.59. The van der Waals surface area contributed by atoms with Gasteiger partial charge in [0.15, 0.2) is 0 Å². The van der Waals surface area contributed by atoms with Crippen molar-refractivity contribution in [3.8, 4) is 11.5 Å². The average molecular weight is 306 g/mol. The minimum atomic E-state index is 0.444. The van der Waals surface area contributed by atoms with Crippen molar-refractivity contribution >= 4 is 11.3 Å². The van der Waals surface area contributed by atoms with Gasteiger partial charge in [-0.05, 0) is 26.3 Å². The Labute approximate surface area is 129 Å². The fourth-order valence-corrected chi connectivity index (χ4v) is 2.74. The highest BCUT2D eigenvalue weighted by atomic mass is 32.1. The summed E-state index contributed by atoms with van der Waals surface area (Å²) in [5, 5.41) is 0.979. The molecule has 0 bridgehead atoms. The molecule has 2 rings (SSSR count). The van der Waals surface area contributed by atoms with E-state index in [0.29, 0.717) is 19.8 Å². The highest BCUT2D eigenvalue weighted by molar-refractivity contribution is 7.11. The summed E-state index contributed by atoms with van der Waals surface area (Å²) in [6.45, 7) is 7.77. The van der Waals surface area contributed by atoms with E-state index in [9.17, 15) is 0 Å². The topological polar surface area (TPSA) is 57.4 Å². The van der Waals surface area contributed by atoms with Crippen LogP contribution in [-0.4, -0.2) is 11.6 Å². The van der Waals surface area contributed by atoms with Crippen LogP contribution in [0.4, 0.5) is 0 Å². The number of nitrogens with two attached hydrogens (primary N) is 1. The zero-order valence-corrected chi connectivity index (χ0v) is 13.6. The van der Waals surface area contributed by atoms with Crippen LogP contribution in [0.25, 0.3) is 0 Å². The van der Waals surface area contributed by atoms with Gasteiger partial charge in [0.1, 0.15) is 23.1 Å². The fourth-order valence-electron chi connectivity index (χ4n) is 1.89. The van der Waals surface area contributed by atoms with Crippen LogP contribution < -0.4 is 15.2 Å². The summed E-state index contributed by atoms with van der Waals surface area (Å²) in [5.74, 6) is 1.59. The summed E-state index contributed by atoms with van der Waals surface area (Å²) in [6.07, 6.45) is 0.979. The van der Waals surface area contributed by atoms with E-state index < -0.39 is 0 Å². The SMILES string of the molecule is CCCOc1ccc(CN)c(OCc2nc(C)c(C)s2)c1. The maximum atomic E-state index is 5.89. The van der Waals surface area contributed by atoms with Gasteiger partial charge in [0, 0.05) is 23.1 Å². The molecule has 114 valence electrons. The number of aromatic nitrogens is 1. The molecule has 1 heterocycles. The summed E-state index contributed by atoms with van der Waals surface area (Å²) in [7, 11) is 0. The number of rotatable bonds is 7. The molecule has 0 amide bonds. The first kappa shape index (κ1) is 15.8. The van der Waals surface area contributed by atoms with Gasteiger partial charge in [0.25, 0.3) is 0 Å². The van der Waals surface area contributed by atoms with Gasteiger partial charge < -0.3 is 15.2 Å². The maximum absolute atomic E-state index is 5.89. The lowest BCUT2D eigenvalue weighted by Gasteiger charge is -2.12. The maximum Gasteiger partial charge on any atom is 0.140 e. The molecule has 0 radical (unpaired) electrons. The Balaban J connectivity index is 2.09. The van der Waals surface area contributed by atoms with Crippen LogP contribution >= 0.6 is 11.3 Å². The second-order valence-electron chi connectivity index (χ2n) is 4.86. The van der Waals surface area contributed by atoms with Crippen LogP contribution in [0.15, 0.2) is 18.2 Å².